The van der Waals surface area contributed by atoms with Crippen molar-refractivity contribution in [1.82, 2.24) is 9.71 Å². The first-order valence-electron chi connectivity index (χ1n) is 8.16. The molecule has 0 aliphatic heterocycles. The van der Waals surface area contributed by atoms with Crippen molar-refractivity contribution in [3.63, 3.8) is 0 Å². The Balaban J connectivity index is 1.70. The zero-order valence-electron chi connectivity index (χ0n) is 14.4. The topological polar surface area (TPSA) is 101 Å². The van der Waals surface area contributed by atoms with Crippen molar-refractivity contribution in [1.29, 1.82) is 0 Å². The van der Waals surface area contributed by atoms with E-state index in [1.807, 2.05) is 12.1 Å². The number of amides is 1. The quantitative estimate of drug-likeness (QED) is 0.665. The zero-order chi connectivity index (χ0) is 18.3. The van der Waals surface area contributed by atoms with Gasteiger partial charge < -0.3 is 9.73 Å². The van der Waals surface area contributed by atoms with Crippen molar-refractivity contribution in [2.75, 3.05) is 11.9 Å². The van der Waals surface area contributed by atoms with Crippen LogP contribution in [0.25, 0.3) is 11.3 Å². The summed E-state index contributed by atoms with van der Waals surface area (Å²) in [6, 6.07) is 7.28. The highest BCUT2D eigenvalue weighted by molar-refractivity contribution is 7.90. The van der Waals surface area contributed by atoms with Gasteiger partial charge in [-0.3, -0.25) is 4.79 Å². The number of nitrogens with one attached hydrogen (secondary N) is 2. The lowest BCUT2D eigenvalue weighted by atomic mass is 10.1. The average molecular weight is 365 g/mol. The van der Waals surface area contributed by atoms with E-state index in [1.165, 1.54) is 6.39 Å². The van der Waals surface area contributed by atoms with Gasteiger partial charge in [-0.15, -0.1) is 0 Å². The predicted molar refractivity (Wildman–Crippen MR) is 96.5 cm³/mol. The molecule has 0 spiro atoms. The highest BCUT2D eigenvalue weighted by atomic mass is 32.2. The number of nitrogens with zero attached hydrogens (tertiary/aromatic N) is 1. The molecule has 0 radical (unpaired) electrons. The maximum absolute atomic E-state index is 11.9. The van der Waals surface area contributed by atoms with Gasteiger partial charge in [0.2, 0.25) is 15.9 Å². The Bertz CT molecular complexity index is 769. The molecule has 0 unspecified atom stereocenters. The number of rotatable bonds is 9. The number of anilines is 1. The highest BCUT2D eigenvalue weighted by Gasteiger charge is 2.14. The van der Waals surface area contributed by atoms with Crippen LogP contribution in [0.1, 0.15) is 33.1 Å². The fourth-order valence-corrected chi connectivity index (χ4v) is 2.85. The molecule has 2 rings (SSSR count). The number of aromatic nitrogens is 1. The zero-order valence-corrected chi connectivity index (χ0v) is 15.2. The number of sulfonamides is 1. The summed E-state index contributed by atoms with van der Waals surface area (Å²) in [4.78, 5) is 15.8. The Morgan fingerprint density at radius 2 is 1.92 bits per heavy atom. The molecule has 2 aromatic rings. The van der Waals surface area contributed by atoms with Crippen LogP contribution in [0.2, 0.25) is 0 Å². The third-order valence-corrected chi connectivity index (χ3v) is 5.49. The third-order valence-electron chi connectivity index (χ3n) is 3.64. The van der Waals surface area contributed by atoms with E-state index >= 15 is 0 Å². The van der Waals surface area contributed by atoms with Gasteiger partial charge in [-0.2, -0.15) is 0 Å². The van der Waals surface area contributed by atoms with Gasteiger partial charge in [0.25, 0.3) is 0 Å². The van der Waals surface area contributed by atoms with E-state index in [0.717, 1.165) is 5.56 Å². The molecule has 8 heteroatoms. The number of carbonyl (C=O) groups is 1. The molecule has 1 aromatic heterocycles. The fraction of sp³-hybridized carbons (Fsp3) is 0.412. The molecule has 1 aromatic carbocycles. The summed E-state index contributed by atoms with van der Waals surface area (Å²) in [5.41, 5.74) is 1.58. The van der Waals surface area contributed by atoms with Gasteiger partial charge in [-0.25, -0.2) is 18.1 Å². The van der Waals surface area contributed by atoms with Gasteiger partial charge in [-0.1, -0.05) is 0 Å². The smallest absolute Gasteiger partial charge is 0.224 e. The molecule has 0 aliphatic carbocycles. The Morgan fingerprint density at radius 1 is 1.20 bits per heavy atom. The molecule has 0 saturated heterocycles. The van der Waals surface area contributed by atoms with Crippen LogP contribution in [0.3, 0.4) is 0 Å². The van der Waals surface area contributed by atoms with Crippen LogP contribution in [0, 0.1) is 0 Å². The second-order valence-corrected chi connectivity index (χ2v) is 8.26. The summed E-state index contributed by atoms with van der Waals surface area (Å²) in [7, 11) is -3.23. The minimum Gasteiger partial charge on any atom is -0.444 e. The number of hydrogen-bond donors (Lipinski definition) is 2. The number of oxazole rings is 1. The maximum Gasteiger partial charge on any atom is 0.224 e. The Hall–Kier alpha value is -2.19. The number of carbonyl (C=O) groups excluding carboxylic acids is 1. The summed E-state index contributed by atoms with van der Waals surface area (Å²) in [6.45, 7) is 3.60. The van der Waals surface area contributed by atoms with Gasteiger partial charge in [0.1, 0.15) is 0 Å². The van der Waals surface area contributed by atoms with Gasteiger partial charge in [0.15, 0.2) is 12.2 Å². The molecule has 0 saturated carbocycles. The SMILES string of the molecule is CC(C)S(=O)(=O)NCCCCC(=O)Nc1ccc(-c2cnco2)cc1. The van der Waals surface area contributed by atoms with E-state index in [4.69, 9.17) is 4.42 Å². The molecule has 2 N–H and O–H groups in total. The van der Waals surface area contributed by atoms with E-state index in [1.54, 1.807) is 32.2 Å². The summed E-state index contributed by atoms with van der Waals surface area (Å²) in [6.07, 6.45) is 4.56. The molecule has 7 nitrogen and oxygen atoms in total. The summed E-state index contributed by atoms with van der Waals surface area (Å²) >= 11 is 0. The van der Waals surface area contributed by atoms with Gasteiger partial charge in [-0.05, 0) is 51.0 Å². The maximum atomic E-state index is 11.9. The largest absolute Gasteiger partial charge is 0.444 e. The minimum atomic E-state index is -3.23. The molecule has 0 atom stereocenters. The normalized spacial score (nSPS) is 11.6. The highest BCUT2D eigenvalue weighted by Crippen LogP contribution is 2.20. The van der Waals surface area contributed by atoms with Crippen molar-refractivity contribution in [3.8, 4) is 11.3 Å². The van der Waals surface area contributed by atoms with Crippen LogP contribution in [0.4, 0.5) is 5.69 Å². The van der Waals surface area contributed by atoms with E-state index in [-0.39, 0.29) is 5.91 Å². The van der Waals surface area contributed by atoms with Crippen LogP contribution >= 0.6 is 0 Å². The van der Waals surface area contributed by atoms with E-state index in [9.17, 15) is 13.2 Å². The van der Waals surface area contributed by atoms with Gasteiger partial charge in [0, 0.05) is 24.2 Å². The third kappa shape index (κ3) is 5.99. The fourth-order valence-electron chi connectivity index (χ4n) is 2.09. The molecule has 1 amide bonds. The first kappa shape index (κ1) is 19.1. The molecule has 136 valence electrons. The molecular weight excluding hydrogens is 342 g/mol. The number of hydrogen-bond acceptors (Lipinski definition) is 5. The minimum absolute atomic E-state index is 0.0980. The van der Waals surface area contributed by atoms with Crippen LogP contribution < -0.4 is 10.0 Å². The lowest BCUT2D eigenvalue weighted by molar-refractivity contribution is -0.116. The molecule has 1 heterocycles. The standard InChI is InChI=1S/C17H23N3O4S/c1-13(2)25(22,23)19-10-4-3-5-17(21)20-15-8-6-14(7-9-15)16-11-18-12-24-16/h6-9,11-13,19H,3-5,10H2,1-2H3,(H,20,21). The van der Waals surface area contributed by atoms with Crippen LogP contribution in [-0.4, -0.2) is 31.1 Å². The predicted octanol–water partition coefficient (Wildman–Crippen LogP) is 2.78. The van der Waals surface area contributed by atoms with Crippen molar-refractivity contribution in [3.05, 3.63) is 36.9 Å². The first-order chi connectivity index (χ1) is 11.9. The summed E-state index contributed by atoms with van der Waals surface area (Å²) in [5, 5.41) is 2.37. The van der Waals surface area contributed by atoms with Gasteiger partial charge >= 0.3 is 0 Å². The van der Waals surface area contributed by atoms with E-state index in [2.05, 4.69) is 15.0 Å². The summed E-state index contributed by atoms with van der Waals surface area (Å²) in [5.74, 6) is 0.570. The van der Waals surface area contributed by atoms with Crippen LogP contribution in [0.15, 0.2) is 41.3 Å². The summed E-state index contributed by atoms with van der Waals surface area (Å²) < 4.78 is 30.9. The van der Waals surface area contributed by atoms with E-state index < -0.39 is 15.3 Å². The van der Waals surface area contributed by atoms with Crippen LogP contribution in [-0.2, 0) is 14.8 Å². The van der Waals surface area contributed by atoms with E-state index in [0.29, 0.717) is 37.3 Å². The number of benzene rings is 1. The number of unbranched alkanes of at least 4 members (excludes halogenated alkanes) is 1. The monoisotopic (exact) mass is 365 g/mol. The van der Waals surface area contributed by atoms with Gasteiger partial charge in [0.05, 0.1) is 11.4 Å². The average Bonchev–Trinajstić information content (AvgIpc) is 3.09. The Morgan fingerprint density at radius 3 is 2.52 bits per heavy atom. The second kappa shape index (κ2) is 8.77. The lowest BCUT2D eigenvalue weighted by Crippen LogP contribution is -2.31. The van der Waals surface area contributed by atoms with Crippen molar-refractivity contribution in [2.24, 2.45) is 0 Å². The first-order valence-corrected chi connectivity index (χ1v) is 9.70. The van der Waals surface area contributed by atoms with Crippen molar-refractivity contribution in [2.45, 2.75) is 38.4 Å². The molecule has 0 bridgehead atoms. The second-order valence-electron chi connectivity index (χ2n) is 5.94. The molecular formula is C17H23N3O4S. The Kier molecular flexibility index (Phi) is 6.72. The lowest BCUT2D eigenvalue weighted by Gasteiger charge is -2.09. The molecule has 0 aliphatic rings. The van der Waals surface area contributed by atoms with Crippen molar-refractivity contribution >= 4 is 21.6 Å². The van der Waals surface area contributed by atoms with Crippen molar-refractivity contribution < 1.29 is 17.6 Å². The Labute approximate surface area is 147 Å². The van der Waals surface area contributed by atoms with Crippen LogP contribution in [0.5, 0.6) is 0 Å². The molecule has 0 fully saturated rings. The molecule has 25 heavy (non-hydrogen) atoms.